The van der Waals surface area contributed by atoms with Crippen molar-refractivity contribution in [1.82, 2.24) is 24.8 Å². The van der Waals surface area contributed by atoms with Crippen LogP contribution in [0, 0.1) is 0 Å². The molecule has 2 fully saturated rings. The Morgan fingerprint density at radius 2 is 1.84 bits per heavy atom. The van der Waals surface area contributed by atoms with Gasteiger partial charge in [0.1, 0.15) is 17.9 Å². The number of anilines is 2. The minimum absolute atomic E-state index is 0.0472. The number of pyridine rings is 1. The van der Waals surface area contributed by atoms with Crippen LogP contribution >= 0.6 is 11.6 Å². The van der Waals surface area contributed by atoms with Crippen LogP contribution in [0.25, 0.3) is 22.6 Å². The van der Waals surface area contributed by atoms with E-state index < -0.39 is 0 Å². The molecule has 0 aliphatic carbocycles. The molecular weight excluding hydrogens is 490 g/mol. The quantitative estimate of drug-likeness (QED) is 0.484. The number of rotatable bonds is 7. The summed E-state index contributed by atoms with van der Waals surface area (Å²) in [4.78, 5) is 31.5. The molecule has 37 heavy (non-hydrogen) atoms. The van der Waals surface area contributed by atoms with E-state index in [-0.39, 0.29) is 12.5 Å². The lowest BCUT2D eigenvalue weighted by Gasteiger charge is -2.36. The van der Waals surface area contributed by atoms with Gasteiger partial charge in [-0.15, -0.1) is 0 Å². The van der Waals surface area contributed by atoms with E-state index in [2.05, 4.69) is 63.2 Å². The number of hydrogen-bond acceptors (Lipinski definition) is 7. The lowest BCUT2D eigenvalue weighted by atomic mass is 10.0. The Balaban J connectivity index is 1.28. The summed E-state index contributed by atoms with van der Waals surface area (Å²) in [5, 5.41) is 4.26. The first kappa shape index (κ1) is 25.8. The van der Waals surface area contributed by atoms with Gasteiger partial charge in [-0.2, -0.15) is 0 Å². The summed E-state index contributed by atoms with van der Waals surface area (Å²) in [5.74, 6) is 0.815. The third-order valence-corrected chi connectivity index (χ3v) is 7.77. The van der Waals surface area contributed by atoms with Crippen LogP contribution in [-0.2, 0) is 9.53 Å². The SMILES string of the molecule is COCC(=O)N1CCN(c2ccc(-c3nc4c(NC5CCN(C(C)C)CC5)c(Cl)cnc4[nH]3)cc2)CC1. The first-order chi connectivity index (χ1) is 17.9. The molecule has 2 aliphatic rings. The molecule has 1 amide bonds. The molecule has 0 spiro atoms. The highest BCUT2D eigenvalue weighted by Crippen LogP contribution is 2.32. The Labute approximate surface area is 223 Å². The fourth-order valence-corrected chi connectivity index (χ4v) is 5.42. The lowest BCUT2D eigenvalue weighted by Crippen LogP contribution is -2.49. The minimum Gasteiger partial charge on any atom is -0.379 e. The third-order valence-electron chi connectivity index (χ3n) is 7.48. The average molecular weight is 526 g/mol. The van der Waals surface area contributed by atoms with Gasteiger partial charge in [0.15, 0.2) is 5.65 Å². The topological polar surface area (TPSA) is 89.6 Å². The maximum atomic E-state index is 12.1. The van der Waals surface area contributed by atoms with Crippen molar-refractivity contribution in [2.24, 2.45) is 0 Å². The largest absolute Gasteiger partial charge is 0.379 e. The van der Waals surface area contributed by atoms with Gasteiger partial charge < -0.3 is 29.7 Å². The number of imidazole rings is 1. The molecule has 0 saturated carbocycles. The van der Waals surface area contributed by atoms with Gasteiger partial charge >= 0.3 is 0 Å². The molecule has 3 aromatic rings. The number of methoxy groups -OCH3 is 1. The second-order valence-corrected chi connectivity index (χ2v) is 10.6. The maximum Gasteiger partial charge on any atom is 0.248 e. The number of likely N-dealkylation sites (tertiary alicyclic amines) is 1. The smallest absolute Gasteiger partial charge is 0.248 e. The number of piperidine rings is 1. The zero-order valence-corrected chi connectivity index (χ0v) is 22.6. The molecule has 10 heteroatoms. The molecule has 0 unspecified atom stereocenters. The Bertz CT molecular complexity index is 1210. The number of aromatic nitrogens is 3. The Kier molecular flexibility index (Phi) is 7.83. The van der Waals surface area contributed by atoms with Gasteiger partial charge in [-0.3, -0.25) is 4.79 Å². The molecule has 1 aromatic carbocycles. The Morgan fingerprint density at radius 3 is 2.49 bits per heavy atom. The molecule has 0 atom stereocenters. The first-order valence-electron chi connectivity index (χ1n) is 13.1. The molecule has 2 aromatic heterocycles. The van der Waals surface area contributed by atoms with Gasteiger partial charge in [-0.25, -0.2) is 9.97 Å². The van der Waals surface area contributed by atoms with Gasteiger partial charge in [0.2, 0.25) is 5.91 Å². The van der Waals surface area contributed by atoms with Gasteiger partial charge in [0, 0.05) is 69.7 Å². The molecule has 2 N–H and O–H groups in total. The predicted molar refractivity (Wildman–Crippen MR) is 148 cm³/mol. The molecule has 198 valence electrons. The van der Waals surface area contributed by atoms with E-state index in [0.29, 0.717) is 30.2 Å². The molecule has 9 nitrogen and oxygen atoms in total. The molecule has 2 aliphatic heterocycles. The number of carbonyl (C=O) groups is 1. The summed E-state index contributed by atoms with van der Waals surface area (Å²) in [5.41, 5.74) is 4.48. The molecule has 2 saturated heterocycles. The van der Waals surface area contributed by atoms with Gasteiger partial charge in [0.25, 0.3) is 0 Å². The van der Waals surface area contributed by atoms with Crippen molar-refractivity contribution >= 4 is 40.0 Å². The van der Waals surface area contributed by atoms with E-state index in [1.165, 1.54) is 0 Å². The fraction of sp³-hybridized carbons (Fsp3) is 0.519. The van der Waals surface area contributed by atoms with E-state index in [4.69, 9.17) is 21.3 Å². The van der Waals surface area contributed by atoms with Crippen molar-refractivity contribution < 1.29 is 9.53 Å². The number of nitrogens with one attached hydrogen (secondary N) is 2. The second kappa shape index (κ2) is 11.2. The number of carbonyl (C=O) groups excluding carboxylic acids is 1. The van der Waals surface area contributed by atoms with E-state index in [1.54, 1.807) is 13.3 Å². The summed E-state index contributed by atoms with van der Waals surface area (Å²) in [6, 6.07) is 9.31. The van der Waals surface area contributed by atoms with Crippen molar-refractivity contribution in [3.05, 3.63) is 35.5 Å². The van der Waals surface area contributed by atoms with Crippen molar-refractivity contribution in [3.8, 4) is 11.4 Å². The summed E-state index contributed by atoms with van der Waals surface area (Å²) < 4.78 is 4.98. The van der Waals surface area contributed by atoms with Crippen LogP contribution < -0.4 is 10.2 Å². The van der Waals surface area contributed by atoms with Crippen molar-refractivity contribution in [2.75, 3.05) is 63.2 Å². The Hall–Kier alpha value is -2.88. The number of aromatic amines is 1. The number of nitrogens with zero attached hydrogens (tertiary/aromatic N) is 5. The zero-order valence-electron chi connectivity index (χ0n) is 21.8. The van der Waals surface area contributed by atoms with Crippen molar-refractivity contribution in [3.63, 3.8) is 0 Å². The lowest BCUT2D eigenvalue weighted by molar-refractivity contribution is -0.135. The molecule has 5 rings (SSSR count). The van der Waals surface area contributed by atoms with Gasteiger partial charge in [-0.05, 0) is 51.0 Å². The zero-order chi connectivity index (χ0) is 25.9. The minimum atomic E-state index is 0.0472. The van der Waals surface area contributed by atoms with Crippen LogP contribution in [0.4, 0.5) is 11.4 Å². The highest BCUT2D eigenvalue weighted by molar-refractivity contribution is 6.34. The van der Waals surface area contributed by atoms with Crippen LogP contribution in [-0.4, -0.2) is 95.7 Å². The van der Waals surface area contributed by atoms with E-state index in [9.17, 15) is 4.79 Å². The number of piperazine rings is 1. The monoisotopic (exact) mass is 525 g/mol. The van der Waals surface area contributed by atoms with Crippen LogP contribution in [0.2, 0.25) is 5.02 Å². The molecular formula is C27H36ClN7O2. The number of fused-ring (bicyclic) bond motifs is 1. The number of benzene rings is 1. The second-order valence-electron chi connectivity index (χ2n) is 10.2. The van der Waals surface area contributed by atoms with E-state index >= 15 is 0 Å². The summed E-state index contributed by atoms with van der Waals surface area (Å²) in [6.07, 6.45) is 3.84. The molecule has 4 heterocycles. The average Bonchev–Trinajstić information content (AvgIpc) is 3.36. The molecule has 0 bridgehead atoms. The number of ether oxygens (including phenoxy) is 1. The van der Waals surface area contributed by atoms with Crippen molar-refractivity contribution in [1.29, 1.82) is 0 Å². The number of hydrogen-bond donors (Lipinski definition) is 2. The third kappa shape index (κ3) is 5.68. The van der Waals surface area contributed by atoms with Crippen LogP contribution in [0.15, 0.2) is 30.5 Å². The summed E-state index contributed by atoms with van der Waals surface area (Å²) >= 11 is 6.58. The maximum absolute atomic E-state index is 12.1. The highest BCUT2D eigenvalue weighted by Gasteiger charge is 2.24. The van der Waals surface area contributed by atoms with Crippen LogP contribution in [0.3, 0.4) is 0 Å². The van der Waals surface area contributed by atoms with E-state index in [1.807, 2.05) is 4.90 Å². The number of amides is 1. The van der Waals surface area contributed by atoms with Crippen LogP contribution in [0.1, 0.15) is 26.7 Å². The van der Waals surface area contributed by atoms with Crippen LogP contribution in [0.5, 0.6) is 0 Å². The van der Waals surface area contributed by atoms with E-state index in [0.717, 1.165) is 72.9 Å². The highest BCUT2D eigenvalue weighted by atomic mass is 35.5. The predicted octanol–water partition coefficient (Wildman–Crippen LogP) is 3.86. The van der Waals surface area contributed by atoms with Gasteiger partial charge in [0.05, 0.1) is 16.9 Å². The Morgan fingerprint density at radius 1 is 1.14 bits per heavy atom. The first-order valence-corrected chi connectivity index (χ1v) is 13.5. The normalized spacial score (nSPS) is 17.6. The van der Waals surface area contributed by atoms with Crippen molar-refractivity contribution in [2.45, 2.75) is 38.8 Å². The number of H-pyrrole nitrogens is 1. The van der Waals surface area contributed by atoms with Gasteiger partial charge in [-0.1, -0.05) is 11.6 Å². The number of halogens is 1. The standard InChI is InChI=1S/C27H36ClN7O2/c1-18(2)33-10-8-20(9-11-33)30-24-22(28)16-29-27-25(24)31-26(32-27)19-4-6-21(7-5-19)34-12-14-35(15-13-34)23(36)17-37-3/h4-7,16,18,20H,8-15,17H2,1-3H3,(H2,29,30,31,32). The summed E-state index contributed by atoms with van der Waals surface area (Å²) in [6.45, 7) is 9.80. The summed E-state index contributed by atoms with van der Waals surface area (Å²) in [7, 11) is 1.55. The molecule has 0 radical (unpaired) electrons. The fourth-order valence-electron chi connectivity index (χ4n) is 5.23.